The third-order valence-corrected chi connectivity index (χ3v) is 6.16. The molecule has 1 unspecified atom stereocenters. The Labute approximate surface area is 208 Å². The third-order valence-electron chi connectivity index (χ3n) is 6.16. The lowest BCUT2D eigenvalue weighted by Gasteiger charge is -2.33. The van der Waals surface area contributed by atoms with Gasteiger partial charge in [-0.1, -0.05) is 18.6 Å². The Kier molecular flexibility index (Phi) is 10.1. The molecule has 0 spiro atoms. The number of piperidine rings is 1. The van der Waals surface area contributed by atoms with Crippen LogP contribution in [0.4, 0.5) is 5.69 Å². The van der Waals surface area contributed by atoms with Gasteiger partial charge in [-0.2, -0.15) is 0 Å². The molecule has 4 rings (SSSR count). The van der Waals surface area contributed by atoms with Crippen LogP contribution in [0.1, 0.15) is 36.6 Å². The zero-order valence-corrected chi connectivity index (χ0v) is 21.3. The van der Waals surface area contributed by atoms with E-state index in [0.29, 0.717) is 0 Å². The highest BCUT2D eigenvalue weighted by atomic mass is 127. The summed E-state index contributed by atoms with van der Waals surface area (Å²) in [5.74, 6) is 1.83. The summed E-state index contributed by atoms with van der Waals surface area (Å²) in [7, 11) is 1.82. The van der Waals surface area contributed by atoms with E-state index >= 15 is 0 Å². The maximum atomic E-state index is 5.75. The number of guanidine groups is 1. The molecule has 1 aromatic carbocycles. The van der Waals surface area contributed by atoms with Crippen molar-refractivity contribution in [1.29, 1.82) is 0 Å². The van der Waals surface area contributed by atoms with E-state index < -0.39 is 0 Å². The minimum atomic E-state index is 0. The first-order valence-corrected chi connectivity index (χ1v) is 11.5. The van der Waals surface area contributed by atoms with Crippen LogP contribution >= 0.6 is 24.0 Å². The number of halogens is 1. The van der Waals surface area contributed by atoms with Gasteiger partial charge in [0.25, 0.3) is 0 Å². The van der Waals surface area contributed by atoms with Crippen molar-refractivity contribution in [2.45, 2.75) is 31.8 Å². The van der Waals surface area contributed by atoms with Crippen LogP contribution in [0.3, 0.4) is 0 Å². The molecular formula is C24H36IN5O2. The second-order valence-electron chi connectivity index (χ2n) is 8.20. The Hall–Kier alpha value is -1.78. The van der Waals surface area contributed by atoms with E-state index in [0.717, 1.165) is 64.2 Å². The number of furan rings is 1. The highest BCUT2D eigenvalue weighted by Crippen LogP contribution is 2.24. The summed E-state index contributed by atoms with van der Waals surface area (Å²) < 4.78 is 11.2. The molecule has 2 aliphatic heterocycles. The Morgan fingerprint density at radius 2 is 1.75 bits per heavy atom. The van der Waals surface area contributed by atoms with E-state index in [1.165, 1.54) is 30.5 Å². The van der Waals surface area contributed by atoms with Gasteiger partial charge in [0, 0.05) is 38.9 Å². The molecule has 176 valence electrons. The van der Waals surface area contributed by atoms with E-state index in [1.807, 2.05) is 13.1 Å². The maximum absolute atomic E-state index is 5.75. The van der Waals surface area contributed by atoms with Crippen molar-refractivity contribution in [3.63, 3.8) is 0 Å². The molecule has 1 aromatic heterocycles. The highest BCUT2D eigenvalue weighted by molar-refractivity contribution is 14.0. The van der Waals surface area contributed by atoms with Crippen molar-refractivity contribution < 1.29 is 9.15 Å². The van der Waals surface area contributed by atoms with Gasteiger partial charge >= 0.3 is 0 Å². The van der Waals surface area contributed by atoms with E-state index in [9.17, 15) is 0 Å². The number of anilines is 1. The van der Waals surface area contributed by atoms with Gasteiger partial charge < -0.3 is 24.7 Å². The minimum Gasteiger partial charge on any atom is -0.468 e. The molecule has 2 fully saturated rings. The molecular weight excluding hydrogens is 517 g/mol. The smallest absolute Gasteiger partial charge is 0.191 e. The first-order chi connectivity index (χ1) is 15.3. The zero-order chi connectivity index (χ0) is 21.3. The van der Waals surface area contributed by atoms with E-state index in [4.69, 9.17) is 9.15 Å². The number of likely N-dealkylation sites (tertiary alicyclic amines) is 1. The van der Waals surface area contributed by atoms with Crippen LogP contribution < -0.4 is 15.5 Å². The molecule has 8 heteroatoms. The number of benzene rings is 1. The molecule has 0 aliphatic carbocycles. The van der Waals surface area contributed by atoms with Gasteiger partial charge in [-0.15, -0.1) is 24.0 Å². The highest BCUT2D eigenvalue weighted by Gasteiger charge is 2.24. The van der Waals surface area contributed by atoms with Crippen LogP contribution in [0.2, 0.25) is 0 Å². The second kappa shape index (κ2) is 13.1. The number of nitrogens with one attached hydrogen (secondary N) is 2. The van der Waals surface area contributed by atoms with Gasteiger partial charge in [-0.25, -0.2) is 0 Å². The summed E-state index contributed by atoms with van der Waals surface area (Å²) >= 11 is 0. The summed E-state index contributed by atoms with van der Waals surface area (Å²) in [6.07, 6.45) is 5.59. The van der Waals surface area contributed by atoms with Crippen LogP contribution in [-0.4, -0.2) is 63.8 Å². The lowest BCUT2D eigenvalue weighted by molar-refractivity contribution is 0.122. The normalized spacial score (nSPS) is 18.7. The fourth-order valence-electron chi connectivity index (χ4n) is 4.37. The average molecular weight is 553 g/mol. The third kappa shape index (κ3) is 6.86. The quantitative estimate of drug-likeness (QED) is 0.310. The van der Waals surface area contributed by atoms with Gasteiger partial charge in [0.2, 0.25) is 0 Å². The van der Waals surface area contributed by atoms with Crippen molar-refractivity contribution in [1.82, 2.24) is 15.5 Å². The van der Waals surface area contributed by atoms with Crippen molar-refractivity contribution in [3.8, 4) is 0 Å². The molecule has 2 N–H and O–H groups in total. The number of rotatable bonds is 7. The molecule has 32 heavy (non-hydrogen) atoms. The summed E-state index contributed by atoms with van der Waals surface area (Å²) in [4.78, 5) is 9.31. The Balaban J connectivity index is 0.00000289. The van der Waals surface area contributed by atoms with Gasteiger partial charge in [0.05, 0.1) is 25.5 Å². The monoisotopic (exact) mass is 553 g/mol. The van der Waals surface area contributed by atoms with Gasteiger partial charge in [0.1, 0.15) is 5.76 Å². The van der Waals surface area contributed by atoms with Crippen LogP contribution in [-0.2, 0) is 11.3 Å². The van der Waals surface area contributed by atoms with Crippen LogP contribution in [0.5, 0.6) is 0 Å². The molecule has 7 nitrogen and oxygen atoms in total. The topological polar surface area (TPSA) is 65.3 Å². The first kappa shape index (κ1) is 24.9. The van der Waals surface area contributed by atoms with Crippen molar-refractivity contribution >= 4 is 35.6 Å². The second-order valence-corrected chi connectivity index (χ2v) is 8.20. The molecule has 1 atom stereocenters. The molecule has 0 saturated carbocycles. The lowest BCUT2D eigenvalue weighted by Crippen LogP contribution is -2.44. The zero-order valence-electron chi connectivity index (χ0n) is 19.0. The first-order valence-electron chi connectivity index (χ1n) is 11.5. The van der Waals surface area contributed by atoms with Gasteiger partial charge in [-0.3, -0.25) is 9.89 Å². The lowest BCUT2D eigenvalue weighted by atomic mass is 10.1. The van der Waals surface area contributed by atoms with Crippen LogP contribution in [0, 0.1) is 0 Å². The maximum Gasteiger partial charge on any atom is 0.191 e. The standard InChI is InChI=1S/C24H35N5O2.HI/c1-25-24(26-18-20-7-9-21(10-8-20)28-13-16-30-17-14-28)27-19-22(23-6-5-15-31-23)29-11-3-2-4-12-29;/h5-10,15,22H,2-4,11-14,16-19H2,1H3,(H2,25,26,27);1H. The fraction of sp³-hybridized carbons (Fsp3) is 0.542. The molecule has 0 bridgehead atoms. The molecule has 0 amide bonds. The number of morpholine rings is 1. The number of hydrogen-bond donors (Lipinski definition) is 2. The van der Waals surface area contributed by atoms with Crippen LogP contribution in [0.15, 0.2) is 52.1 Å². The SMILES string of the molecule is CN=C(NCc1ccc(N2CCOCC2)cc1)NCC(c1ccco1)N1CCCCC1.I. The molecule has 3 heterocycles. The van der Waals surface area contributed by atoms with E-state index in [-0.39, 0.29) is 30.0 Å². The Bertz CT molecular complexity index is 800. The number of aliphatic imine (C=N–C) groups is 1. The Morgan fingerprint density at radius 3 is 2.41 bits per heavy atom. The Morgan fingerprint density at radius 1 is 1.00 bits per heavy atom. The summed E-state index contributed by atoms with van der Waals surface area (Å²) in [6.45, 7) is 7.28. The molecule has 2 aliphatic rings. The van der Waals surface area contributed by atoms with Gasteiger partial charge in [0.15, 0.2) is 5.96 Å². The fourth-order valence-corrected chi connectivity index (χ4v) is 4.37. The predicted octanol–water partition coefficient (Wildman–Crippen LogP) is 3.63. The molecule has 2 saturated heterocycles. The number of nitrogens with zero attached hydrogens (tertiary/aromatic N) is 3. The molecule has 0 radical (unpaired) electrons. The largest absolute Gasteiger partial charge is 0.468 e. The summed E-state index contributed by atoms with van der Waals surface area (Å²) in [5, 5.41) is 6.95. The van der Waals surface area contributed by atoms with Crippen molar-refractivity contribution in [2.24, 2.45) is 4.99 Å². The van der Waals surface area contributed by atoms with Crippen molar-refractivity contribution in [3.05, 3.63) is 54.0 Å². The summed E-state index contributed by atoms with van der Waals surface area (Å²) in [5.41, 5.74) is 2.50. The van der Waals surface area contributed by atoms with E-state index in [2.05, 4.69) is 55.8 Å². The van der Waals surface area contributed by atoms with Gasteiger partial charge in [-0.05, 0) is 55.8 Å². The van der Waals surface area contributed by atoms with Crippen molar-refractivity contribution in [2.75, 3.05) is 57.9 Å². The predicted molar refractivity (Wildman–Crippen MR) is 140 cm³/mol. The molecule has 2 aromatic rings. The van der Waals surface area contributed by atoms with Crippen LogP contribution in [0.25, 0.3) is 0 Å². The number of hydrogen-bond acceptors (Lipinski definition) is 5. The average Bonchev–Trinajstić information content (AvgIpc) is 3.37. The minimum absolute atomic E-state index is 0. The summed E-state index contributed by atoms with van der Waals surface area (Å²) in [6, 6.07) is 13.0. The number of ether oxygens (including phenoxy) is 1. The van der Waals surface area contributed by atoms with E-state index in [1.54, 1.807) is 6.26 Å².